The summed E-state index contributed by atoms with van der Waals surface area (Å²) in [6, 6.07) is 5.59. The molecule has 0 saturated heterocycles. The summed E-state index contributed by atoms with van der Waals surface area (Å²) in [5.41, 5.74) is 1.72. The van der Waals surface area contributed by atoms with E-state index in [1.807, 2.05) is 25.2 Å². The Hall–Kier alpha value is -0.778. The highest BCUT2D eigenvalue weighted by molar-refractivity contribution is 6.36. The molecule has 0 saturated carbocycles. The Balaban J connectivity index is 3.13. The molecule has 0 aliphatic carbocycles. The summed E-state index contributed by atoms with van der Waals surface area (Å²) in [5.74, 6) is 0.0940. The number of rotatable bonds is 2. The molecule has 0 aliphatic rings. The second kappa shape index (κ2) is 3.75. The van der Waals surface area contributed by atoms with Crippen LogP contribution in [-0.4, -0.2) is 29.1 Å². The van der Waals surface area contributed by atoms with Gasteiger partial charge in [-0.3, -0.25) is 4.79 Å². The lowest BCUT2D eigenvalue weighted by atomic mass is 10.1. The number of hydrogen-bond donors (Lipinski definition) is 1. The van der Waals surface area contributed by atoms with E-state index >= 15 is 0 Å². The van der Waals surface area contributed by atoms with Gasteiger partial charge in [-0.2, -0.15) is 0 Å². The first-order valence-corrected chi connectivity index (χ1v) is 4.31. The average Bonchev–Trinajstić information content (AvgIpc) is 2.05. The molecular weight excluding hydrogens is 165 g/mol. The second-order valence-corrected chi connectivity index (χ2v) is 3.23. The number of Topliss-reactive ketones (excluding diaryl/α,β-unsaturated/α-hetero) is 1. The highest BCUT2D eigenvalue weighted by Crippen LogP contribution is 2.06. The Labute approximate surface area is 80.4 Å². The van der Waals surface area contributed by atoms with E-state index in [9.17, 15) is 4.79 Å². The molecule has 60 valence electrons. The van der Waals surface area contributed by atoms with Crippen LogP contribution in [0.4, 0.5) is 5.69 Å². The molecule has 0 aromatic heterocycles. The van der Waals surface area contributed by atoms with Gasteiger partial charge in [0.05, 0.1) is 0 Å². The van der Waals surface area contributed by atoms with Crippen molar-refractivity contribution in [3.8, 4) is 0 Å². The van der Waals surface area contributed by atoms with Crippen molar-refractivity contribution in [2.24, 2.45) is 0 Å². The molecule has 3 heteroatoms. The molecule has 2 radical (unpaired) electrons. The van der Waals surface area contributed by atoms with Gasteiger partial charge in [-0.1, -0.05) is 12.1 Å². The fourth-order valence-electron chi connectivity index (χ4n) is 0.992. The van der Waals surface area contributed by atoms with E-state index in [0.29, 0.717) is 0 Å². The number of anilines is 1. The van der Waals surface area contributed by atoms with Crippen LogP contribution in [0.25, 0.3) is 0 Å². The fraction of sp³-hybridized carbons (Fsp3) is 0.222. The van der Waals surface area contributed by atoms with E-state index in [2.05, 4.69) is 21.6 Å². The van der Waals surface area contributed by atoms with Crippen LogP contribution in [0, 0.1) is 0 Å². The molecule has 0 fully saturated rings. The number of benzene rings is 1. The Morgan fingerprint density at radius 2 is 2.17 bits per heavy atom. The predicted octanol–water partition coefficient (Wildman–Crippen LogP) is 0.725. The maximum atomic E-state index is 11.0. The second-order valence-electron chi connectivity index (χ2n) is 2.61. The minimum absolute atomic E-state index is 0.0940. The van der Waals surface area contributed by atoms with Crippen molar-refractivity contribution in [1.82, 2.24) is 0 Å². The molecule has 0 bridgehead atoms. The third-order valence-electron chi connectivity index (χ3n) is 1.73. The quantitative estimate of drug-likeness (QED) is 0.530. The zero-order valence-electron chi connectivity index (χ0n) is 7.22. The monoisotopic (exact) mass is 175 g/mol. The minimum Gasteiger partial charge on any atom is -0.389 e. The van der Waals surface area contributed by atoms with E-state index in [0.717, 1.165) is 15.7 Å². The molecule has 1 aromatic carbocycles. The summed E-state index contributed by atoms with van der Waals surface area (Å²) in [4.78, 5) is 11.0. The van der Waals surface area contributed by atoms with Crippen LogP contribution in [0.1, 0.15) is 17.3 Å². The van der Waals surface area contributed by atoms with Crippen molar-refractivity contribution in [3.05, 3.63) is 23.8 Å². The number of ketones is 1. The van der Waals surface area contributed by atoms with Crippen LogP contribution in [0.15, 0.2) is 18.2 Å². The highest BCUT2D eigenvalue weighted by Gasteiger charge is 2.00. The van der Waals surface area contributed by atoms with Crippen LogP contribution in [0.2, 0.25) is 0 Å². The first-order valence-electron chi connectivity index (χ1n) is 3.73. The van der Waals surface area contributed by atoms with Crippen molar-refractivity contribution in [2.45, 2.75) is 6.92 Å². The van der Waals surface area contributed by atoms with Crippen LogP contribution in [0.3, 0.4) is 0 Å². The van der Waals surface area contributed by atoms with Gasteiger partial charge in [0, 0.05) is 18.3 Å². The zero-order valence-corrected chi connectivity index (χ0v) is 8.37. The molecular formula is C9H10AlNO. The van der Waals surface area contributed by atoms with Crippen molar-refractivity contribution in [3.63, 3.8) is 0 Å². The molecule has 1 N–H and O–H groups in total. The molecule has 12 heavy (non-hydrogen) atoms. The lowest BCUT2D eigenvalue weighted by molar-refractivity contribution is 0.101. The van der Waals surface area contributed by atoms with E-state index in [1.54, 1.807) is 6.92 Å². The standard InChI is InChI=1S/C9H10NO.Al/c1-7(11)8-4-3-5-9(6-8)10-2;/h3-4,6,10H,1-2H3;. The molecule has 1 aromatic rings. The van der Waals surface area contributed by atoms with Gasteiger partial charge in [0.25, 0.3) is 0 Å². The summed E-state index contributed by atoms with van der Waals surface area (Å²) < 4.78 is 1.07. The maximum absolute atomic E-state index is 11.0. The van der Waals surface area contributed by atoms with Gasteiger partial charge in [0.2, 0.25) is 0 Å². The van der Waals surface area contributed by atoms with Crippen molar-refractivity contribution >= 4 is 32.2 Å². The Kier molecular flexibility index (Phi) is 2.91. The maximum Gasteiger partial charge on any atom is 0.179 e. The van der Waals surface area contributed by atoms with Crippen LogP contribution >= 0.6 is 0 Å². The lowest BCUT2D eigenvalue weighted by Crippen LogP contribution is -2.10. The summed E-state index contributed by atoms with van der Waals surface area (Å²) in [6.45, 7) is 1.57. The Morgan fingerprint density at radius 1 is 1.50 bits per heavy atom. The summed E-state index contributed by atoms with van der Waals surface area (Å²) in [6.07, 6.45) is 0. The summed E-state index contributed by atoms with van der Waals surface area (Å²) in [7, 11) is 1.84. The minimum atomic E-state index is 0.0940. The molecule has 1 rings (SSSR count). The van der Waals surface area contributed by atoms with Gasteiger partial charge in [0.1, 0.15) is 0 Å². The zero-order chi connectivity index (χ0) is 9.14. The summed E-state index contributed by atoms with van der Waals surface area (Å²) in [5, 5.41) is 3.02. The third kappa shape index (κ3) is 1.88. The molecule has 0 aliphatic heterocycles. The topological polar surface area (TPSA) is 29.1 Å². The molecule has 0 unspecified atom stereocenters. The highest BCUT2D eigenvalue weighted by atomic mass is 27.0. The van der Waals surface area contributed by atoms with E-state index in [1.165, 1.54) is 0 Å². The summed E-state index contributed by atoms with van der Waals surface area (Å²) >= 11 is 2.61. The number of carbonyl (C=O) groups excluding carboxylic acids is 1. The molecule has 0 heterocycles. The van der Waals surface area contributed by atoms with E-state index < -0.39 is 0 Å². The van der Waals surface area contributed by atoms with Gasteiger partial charge in [-0.25, -0.2) is 0 Å². The van der Waals surface area contributed by atoms with E-state index in [4.69, 9.17) is 0 Å². The Morgan fingerprint density at radius 3 is 2.67 bits per heavy atom. The molecule has 0 atom stereocenters. The predicted molar refractivity (Wildman–Crippen MR) is 51.4 cm³/mol. The first kappa shape index (κ1) is 9.31. The number of carbonyl (C=O) groups is 1. The molecule has 0 amide bonds. The SMILES string of the molecule is CNc1cc(C(C)=O)cc[c]1[Al]. The lowest BCUT2D eigenvalue weighted by Gasteiger charge is -2.06. The van der Waals surface area contributed by atoms with Gasteiger partial charge in [0.15, 0.2) is 22.1 Å². The van der Waals surface area contributed by atoms with Crippen molar-refractivity contribution in [2.75, 3.05) is 12.4 Å². The number of nitrogens with one attached hydrogen (secondary N) is 1. The average molecular weight is 175 g/mol. The fourth-order valence-corrected chi connectivity index (χ4v) is 1.32. The largest absolute Gasteiger partial charge is 0.389 e. The first-order chi connectivity index (χ1) is 5.65. The number of hydrogen-bond acceptors (Lipinski definition) is 2. The molecule has 0 spiro atoms. The van der Waals surface area contributed by atoms with Gasteiger partial charge < -0.3 is 5.32 Å². The van der Waals surface area contributed by atoms with Crippen molar-refractivity contribution in [1.29, 1.82) is 0 Å². The van der Waals surface area contributed by atoms with Gasteiger partial charge in [-0.15, -0.1) is 4.43 Å². The van der Waals surface area contributed by atoms with Gasteiger partial charge >= 0.3 is 0 Å². The normalized spacial score (nSPS) is 9.50. The molecule has 2 nitrogen and oxygen atoms in total. The Bertz CT molecular complexity index is 309. The van der Waals surface area contributed by atoms with Crippen LogP contribution in [0.5, 0.6) is 0 Å². The van der Waals surface area contributed by atoms with E-state index in [-0.39, 0.29) is 5.78 Å². The van der Waals surface area contributed by atoms with Crippen LogP contribution < -0.4 is 9.74 Å². The smallest absolute Gasteiger partial charge is 0.179 e. The third-order valence-corrected chi connectivity index (χ3v) is 2.23. The van der Waals surface area contributed by atoms with Crippen molar-refractivity contribution < 1.29 is 4.79 Å². The van der Waals surface area contributed by atoms with Gasteiger partial charge in [-0.05, 0) is 13.0 Å². The van der Waals surface area contributed by atoms with Crippen LogP contribution in [-0.2, 0) is 0 Å².